The third-order valence-electron chi connectivity index (χ3n) is 7.39. The van der Waals surface area contributed by atoms with Crippen LogP contribution in [0.2, 0.25) is 0 Å². The number of aromatic nitrogens is 1. The molecule has 2 heterocycles. The summed E-state index contributed by atoms with van der Waals surface area (Å²) in [4.78, 5) is 42.6. The van der Waals surface area contributed by atoms with Crippen molar-refractivity contribution < 1.29 is 27.5 Å². The number of carbonyl (C=O) groups excluding carboxylic acids is 2. The molecule has 1 saturated heterocycles. The second kappa shape index (κ2) is 9.59. The number of hydrogen-bond donors (Lipinski definition) is 2. The maximum atomic E-state index is 14.2. The molecule has 204 valence electrons. The van der Waals surface area contributed by atoms with Gasteiger partial charge >= 0.3 is 6.09 Å². The number of aromatic amines is 1. The van der Waals surface area contributed by atoms with E-state index in [-0.39, 0.29) is 34.5 Å². The summed E-state index contributed by atoms with van der Waals surface area (Å²) >= 11 is 0. The van der Waals surface area contributed by atoms with Crippen LogP contribution >= 0.6 is 0 Å². The van der Waals surface area contributed by atoms with Crippen LogP contribution in [0.25, 0.3) is 21.7 Å². The third-order valence-corrected chi connectivity index (χ3v) is 7.39. The fourth-order valence-electron chi connectivity index (χ4n) is 5.78. The van der Waals surface area contributed by atoms with E-state index >= 15 is 0 Å². The predicted octanol–water partition coefficient (Wildman–Crippen LogP) is 4.44. The Balaban J connectivity index is 1.38. The number of H-pyrrole nitrogens is 1. The summed E-state index contributed by atoms with van der Waals surface area (Å²) in [6, 6.07) is 5.56. The van der Waals surface area contributed by atoms with Gasteiger partial charge in [0, 0.05) is 23.2 Å². The van der Waals surface area contributed by atoms with E-state index in [1.165, 1.54) is 17.0 Å². The Labute approximate surface area is 221 Å². The average molecular weight is 541 g/mol. The van der Waals surface area contributed by atoms with Gasteiger partial charge in [-0.05, 0) is 69.0 Å². The zero-order chi connectivity index (χ0) is 28.2. The van der Waals surface area contributed by atoms with Gasteiger partial charge in [-0.3, -0.25) is 14.5 Å². The van der Waals surface area contributed by atoms with Crippen LogP contribution in [0, 0.1) is 34.7 Å². The molecule has 2 fully saturated rings. The summed E-state index contributed by atoms with van der Waals surface area (Å²) in [5.41, 5.74) is -1.36. The summed E-state index contributed by atoms with van der Waals surface area (Å²) in [7, 11) is 0. The number of benzene rings is 2. The van der Waals surface area contributed by atoms with Crippen LogP contribution < -0.4 is 10.9 Å². The van der Waals surface area contributed by atoms with Crippen molar-refractivity contribution in [3.63, 3.8) is 0 Å². The second-order valence-corrected chi connectivity index (χ2v) is 11.2. The van der Waals surface area contributed by atoms with Crippen molar-refractivity contribution in [3.05, 3.63) is 57.6 Å². The quantitative estimate of drug-likeness (QED) is 0.375. The standard InChI is InChI=1S/C28H27F3N4O4/c1-28(2,3)39-27(38)35-16-6-5-14(10-16)24(35)26(37)33-15(12-32)8-13-4-7-17-18-11-20(29)21(30)22(31)23(18)34-25(36)19(17)9-13/h4,7,9,11,14-16,24H,5-6,8,10H2,1-3H3,(H,33,37)(H,34,36)/t14-,15?,16+,24-/m0/s1. The van der Waals surface area contributed by atoms with Crippen molar-refractivity contribution in [3.8, 4) is 6.07 Å². The van der Waals surface area contributed by atoms with Gasteiger partial charge in [0.25, 0.3) is 5.56 Å². The largest absolute Gasteiger partial charge is 0.444 e. The summed E-state index contributed by atoms with van der Waals surface area (Å²) in [6.07, 6.45) is 1.76. The minimum atomic E-state index is -1.68. The molecule has 4 atom stereocenters. The molecule has 3 aromatic rings. The Kier molecular flexibility index (Phi) is 6.53. The number of carbonyl (C=O) groups is 2. The van der Waals surface area contributed by atoms with E-state index in [4.69, 9.17) is 4.74 Å². The summed E-state index contributed by atoms with van der Waals surface area (Å²) in [5.74, 6) is -5.02. The van der Waals surface area contributed by atoms with Gasteiger partial charge in [0.05, 0.1) is 11.6 Å². The first-order valence-electron chi connectivity index (χ1n) is 12.7. The van der Waals surface area contributed by atoms with E-state index < -0.39 is 58.2 Å². The van der Waals surface area contributed by atoms with Crippen molar-refractivity contribution >= 4 is 33.7 Å². The molecule has 1 aliphatic heterocycles. The molecule has 2 amide bonds. The van der Waals surface area contributed by atoms with Crippen molar-refractivity contribution in [2.75, 3.05) is 0 Å². The topological polar surface area (TPSA) is 115 Å². The van der Waals surface area contributed by atoms with Crippen LogP contribution in [0.3, 0.4) is 0 Å². The van der Waals surface area contributed by atoms with Gasteiger partial charge in [-0.1, -0.05) is 12.1 Å². The number of piperidine rings is 1. The highest BCUT2D eigenvalue weighted by molar-refractivity contribution is 6.05. The monoisotopic (exact) mass is 540 g/mol. The smallest absolute Gasteiger partial charge is 0.411 e. The second-order valence-electron chi connectivity index (χ2n) is 11.2. The average Bonchev–Trinajstić information content (AvgIpc) is 3.49. The lowest BCUT2D eigenvalue weighted by molar-refractivity contribution is -0.128. The van der Waals surface area contributed by atoms with Gasteiger partial charge in [-0.25, -0.2) is 18.0 Å². The van der Waals surface area contributed by atoms with E-state index in [2.05, 4.69) is 16.4 Å². The van der Waals surface area contributed by atoms with E-state index in [1.807, 2.05) is 0 Å². The molecule has 11 heteroatoms. The molecule has 1 aliphatic carbocycles. The number of halogens is 3. The molecule has 39 heavy (non-hydrogen) atoms. The highest BCUT2D eigenvalue weighted by Gasteiger charge is 2.52. The van der Waals surface area contributed by atoms with E-state index in [0.29, 0.717) is 12.0 Å². The number of likely N-dealkylation sites (tertiary alicyclic amines) is 1. The number of amides is 2. The van der Waals surface area contributed by atoms with Crippen LogP contribution in [0.15, 0.2) is 29.1 Å². The molecule has 1 saturated carbocycles. The summed E-state index contributed by atoms with van der Waals surface area (Å²) < 4.78 is 47.3. The molecule has 0 spiro atoms. The number of pyridine rings is 1. The molecule has 1 unspecified atom stereocenters. The van der Waals surface area contributed by atoms with Crippen molar-refractivity contribution in [2.24, 2.45) is 5.92 Å². The Morgan fingerprint density at radius 2 is 1.90 bits per heavy atom. The zero-order valence-corrected chi connectivity index (χ0v) is 21.6. The van der Waals surface area contributed by atoms with Gasteiger partial charge < -0.3 is 15.0 Å². The maximum absolute atomic E-state index is 14.2. The van der Waals surface area contributed by atoms with Gasteiger partial charge in [-0.2, -0.15) is 5.26 Å². The van der Waals surface area contributed by atoms with Crippen LogP contribution in [0.4, 0.5) is 18.0 Å². The van der Waals surface area contributed by atoms with Gasteiger partial charge in [-0.15, -0.1) is 0 Å². The van der Waals surface area contributed by atoms with Gasteiger partial charge in [0.1, 0.15) is 17.7 Å². The summed E-state index contributed by atoms with van der Waals surface area (Å²) in [6.45, 7) is 5.26. The molecular formula is C28H27F3N4O4. The van der Waals surface area contributed by atoms with E-state index in [1.54, 1.807) is 26.8 Å². The van der Waals surface area contributed by atoms with Crippen LogP contribution in [0.1, 0.15) is 45.6 Å². The number of nitrogens with zero attached hydrogens (tertiary/aromatic N) is 2. The van der Waals surface area contributed by atoms with E-state index in [9.17, 15) is 32.8 Å². The Hall–Kier alpha value is -4.07. The number of fused-ring (bicyclic) bond motifs is 5. The summed E-state index contributed by atoms with van der Waals surface area (Å²) in [5, 5.41) is 12.8. The molecule has 2 aromatic carbocycles. The number of nitriles is 1. The van der Waals surface area contributed by atoms with Crippen LogP contribution in [-0.2, 0) is 16.0 Å². The van der Waals surface area contributed by atoms with Gasteiger partial charge in [0.15, 0.2) is 17.5 Å². The molecule has 5 rings (SSSR count). The number of nitrogens with one attached hydrogen (secondary N) is 2. The predicted molar refractivity (Wildman–Crippen MR) is 136 cm³/mol. The first kappa shape index (κ1) is 26.5. The number of rotatable bonds is 4. The van der Waals surface area contributed by atoms with Gasteiger partial charge in [0.2, 0.25) is 5.91 Å². The lowest BCUT2D eigenvalue weighted by Crippen LogP contribution is -2.55. The highest BCUT2D eigenvalue weighted by atomic mass is 19.2. The van der Waals surface area contributed by atoms with E-state index in [0.717, 1.165) is 18.9 Å². The number of hydrogen-bond acceptors (Lipinski definition) is 5. The highest BCUT2D eigenvalue weighted by Crippen LogP contribution is 2.43. The third kappa shape index (κ3) is 4.80. The molecule has 0 radical (unpaired) electrons. The number of ether oxygens (including phenoxy) is 1. The molecule has 8 nitrogen and oxygen atoms in total. The first-order valence-corrected chi connectivity index (χ1v) is 12.7. The minimum absolute atomic E-state index is 0.00351. The fourth-order valence-corrected chi connectivity index (χ4v) is 5.78. The normalized spacial score (nSPS) is 21.3. The molecule has 2 aliphatic rings. The lowest BCUT2D eigenvalue weighted by atomic mass is 9.97. The van der Waals surface area contributed by atoms with Crippen molar-refractivity contribution in [1.29, 1.82) is 5.26 Å². The Bertz CT molecular complexity index is 1610. The Morgan fingerprint density at radius 3 is 2.59 bits per heavy atom. The molecular weight excluding hydrogens is 513 g/mol. The lowest BCUT2D eigenvalue weighted by Gasteiger charge is -2.35. The van der Waals surface area contributed by atoms with Crippen molar-refractivity contribution in [2.45, 2.75) is 70.2 Å². The molecule has 1 aromatic heterocycles. The fraction of sp³-hybridized carbons (Fsp3) is 0.429. The minimum Gasteiger partial charge on any atom is -0.444 e. The van der Waals surface area contributed by atoms with Crippen molar-refractivity contribution in [1.82, 2.24) is 15.2 Å². The zero-order valence-electron chi connectivity index (χ0n) is 21.6. The molecule has 2 bridgehead atoms. The van der Waals surface area contributed by atoms with Crippen LogP contribution in [-0.4, -0.2) is 45.6 Å². The maximum Gasteiger partial charge on any atom is 0.411 e. The first-order chi connectivity index (χ1) is 18.4. The van der Waals surface area contributed by atoms with Crippen LogP contribution in [0.5, 0.6) is 0 Å². The Morgan fingerprint density at radius 1 is 1.15 bits per heavy atom. The SMILES string of the molecule is CC(C)(C)OC(=O)N1[C@@H]2CC[C@@H](C2)[C@H]1C(=O)NC(C#N)Cc1ccc2c(c1)c(=O)[nH]c1c(F)c(F)c(F)cc12. The molecule has 2 N–H and O–H groups in total.